The molecule has 1 aromatic rings. The number of hydrogen-bond acceptors (Lipinski definition) is 6. The van der Waals surface area contributed by atoms with Gasteiger partial charge in [0.25, 0.3) is 0 Å². The van der Waals surface area contributed by atoms with Gasteiger partial charge in [0, 0.05) is 19.7 Å². The summed E-state index contributed by atoms with van der Waals surface area (Å²) in [7, 11) is -1.01. The fraction of sp³-hybridized carbons (Fsp3) is 0.636. The summed E-state index contributed by atoms with van der Waals surface area (Å²) in [6.45, 7) is 2.46. The molecular formula is C11H18N4O2S. The standard InChI is InChI=1S/C11H18N4O2S/c1-8-14-10(12-2)5-11(15-8)13-6-9-3-4-18(16,17)7-9/h5,9H,3-4,6-7H2,1-2H3,(H2,12,13,14,15). The van der Waals surface area contributed by atoms with Gasteiger partial charge in [0.05, 0.1) is 11.5 Å². The molecule has 2 N–H and O–H groups in total. The number of hydrogen-bond donors (Lipinski definition) is 2. The summed E-state index contributed by atoms with van der Waals surface area (Å²) in [4.78, 5) is 8.46. The van der Waals surface area contributed by atoms with Crippen LogP contribution in [0.3, 0.4) is 0 Å². The average molecular weight is 270 g/mol. The second-order valence-electron chi connectivity index (χ2n) is 4.59. The summed E-state index contributed by atoms with van der Waals surface area (Å²) in [5, 5.41) is 6.15. The Morgan fingerprint density at radius 1 is 1.39 bits per heavy atom. The Labute approximate surface area is 107 Å². The van der Waals surface area contributed by atoms with Gasteiger partial charge in [-0.3, -0.25) is 0 Å². The van der Waals surface area contributed by atoms with Crippen molar-refractivity contribution in [3.8, 4) is 0 Å². The maximum Gasteiger partial charge on any atom is 0.150 e. The van der Waals surface area contributed by atoms with Crippen LogP contribution in [0.1, 0.15) is 12.2 Å². The van der Waals surface area contributed by atoms with Crippen molar-refractivity contribution >= 4 is 21.5 Å². The predicted molar refractivity (Wildman–Crippen MR) is 71.6 cm³/mol. The highest BCUT2D eigenvalue weighted by atomic mass is 32.2. The molecule has 1 atom stereocenters. The lowest BCUT2D eigenvalue weighted by atomic mass is 10.1. The fourth-order valence-electron chi connectivity index (χ4n) is 2.07. The van der Waals surface area contributed by atoms with Crippen LogP contribution in [-0.2, 0) is 9.84 Å². The summed E-state index contributed by atoms with van der Waals surface area (Å²) in [6, 6.07) is 1.82. The van der Waals surface area contributed by atoms with E-state index in [9.17, 15) is 8.42 Å². The minimum absolute atomic E-state index is 0.184. The number of aromatic nitrogens is 2. The zero-order valence-electron chi connectivity index (χ0n) is 10.6. The first kappa shape index (κ1) is 13.1. The Hall–Kier alpha value is -1.37. The van der Waals surface area contributed by atoms with Gasteiger partial charge in [0.2, 0.25) is 0 Å². The molecule has 2 heterocycles. The van der Waals surface area contributed by atoms with Crippen LogP contribution < -0.4 is 10.6 Å². The van der Waals surface area contributed by atoms with Gasteiger partial charge in [0.1, 0.15) is 17.5 Å². The number of rotatable bonds is 4. The molecule has 1 saturated heterocycles. The Morgan fingerprint density at radius 3 is 2.72 bits per heavy atom. The van der Waals surface area contributed by atoms with Crippen molar-refractivity contribution in [2.75, 3.05) is 35.7 Å². The molecule has 0 bridgehead atoms. The number of sulfone groups is 1. The Kier molecular flexibility index (Phi) is 3.70. The number of anilines is 2. The van der Waals surface area contributed by atoms with Gasteiger partial charge in [-0.2, -0.15) is 0 Å². The molecule has 0 saturated carbocycles. The van der Waals surface area contributed by atoms with Crippen LogP contribution in [0.5, 0.6) is 0 Å². The number of nitrogens with zero attached hydrogens (tertiary/aromatic N) is 2. The van der Waals surface area contributed by atoms with Crippen LogP contribution in [0.2, 0.25) is 0 Å². The topological polar surface area (TPSA) is 84.0 Å². The molecular weight excluding hydrogens is 252 g/mol. The summed E-state index contributed by atoms with van der Waals surface area (Å²) in [6.07, 6.45) is 0.734. The maximum absolute atomic E-state index is 11.3. The van der Waals surface area contributed by atoms with Gasteiger partial charge in [-0.1, -0.05) is 0 Å². The molecule has 18 heavy (non-hydrogen) atoms. The lowest BCUT2D eigenvalue weighted by molar-refractivity contribution is 0.595. The zero-order valence-corrected chi connectivity index (χ0v) is 11.4. The molecule has 1 fully saturated rings. The third-order valence-electron chi connectivity index (χ3n) is 2.99. The van der Waals surface area contributed by atoms with E-state index >= 15 is 0 Å². The molecule has 0 spiro atoms. The van der Waals surface area contributed by atoms with Crippen LogP contribution in [0, 0.1) is 12.8 Å². The first-order valence-electron chi connectivity index (χ1n) is 5.96. The van der Waals surface area contributed by atoms with Gasteiger partial charge in [-0.25, -0.2) is 18.4 Å². The van der Waals surface area contributed by atoms with Gasteiger partial charge >= 0.3 is 0 Å². The quantitative estimate of drug-likeness (QED) is 0.836. The van der Waals surface area contributed by atoms with Gasteiger partial charge < -0.3 is 10.6 Å². The SMILES string of the molecule is CNc1cc(NCC2CCS(=O)(=O)C2)nc(C)n1. The molecule has 0 radical (unpaired) electrons. The fourth-order valence-corrected chi connectivity index (χ4v) is 3.93. The van der Waals surface area contributed by atoms with Crippen molar-refractivity contribution in [3.05, 3.63) is 11.9 Å². The van der Waals surface area contributed by atoms with E-state index in [0.29, 0.717) is 18.1 Å². The average Bonchev–Trinajstić information content (AvgIpc) is 2.65. The minimum Gasteiger partial charge on any atom is -0.373 e. The van der Waals surface area contributed by atoms with Crippen LogP contribution in [0.25, 0.3) is 0 Å². The van der Waals surface area contributed by atoms with E-state index < -0.39 is 9.84 Å². The highest BCUT2D eigenvalue weighted by Crippen LogP contribution is 2.19. The summed E-state index contributed by atoms with van der Waals surface area (Å²) in [5.41, 5.74) is 0. The van der Waals surface area contributed by atoms with Gasteiger partial charge in [-0.15, -0.1) is 0 Å². The predicted octanol–water partition coefficient (Wildman–Crippen LogP) is 0.673. The monoisotopic (exact) mass is 270 g/mol. The molecule has 1 aliphatic heterocycles. The third kappa shape index (κ3) is 3.32. The smallest absolute Gasteiger partial charge is 0.150 e. The Balaban J connectivity index is 1.96. The van der Waals surface area contributed by atoms with Crippen molar-refractivity contribution in [3.63, 3.8) is 0 Å². The number of nitrogens with one attached hydrogen (secondary N) is 2. The summed E-state index contributed by atoms with van der Waals surface area (Å²) < 4.78 is 22.7. The van der Waals surface area contributed by atoms with E-state index in [-0.39, 0.29) is 11.7 Å². The van der Waals surface area contributed by atoms with Gasteiger partial charge in [-0.05, 0) is 19.3 Å². The van der Waals surface area contributed by atoms with Gasteiger partial charge in [0.15, 0.2) is 9.84 Å². The molecule has 0 aromatic carbocycles. The van der Waals surface area contributed by atoms with Crippen molar-refractivity contribution in [2.45, 2.75) is 13.3 Å². The van der Waals surface area contributed by atoms with E-state index in [1.54, 1.807) is 7.05 Å². The van der Waals surface area contributed by atoms with E-state index in [1.807, 2.05) is 13.0 Å². The largest absolute Gasteiger partial charge is 0.373 e. The summed E-state index contributed by atoms with van der Waals surface area (Å²) >= 11 is 0. The zero-order chi connectivity index (χ0) is 13.2. The second-order valence-corrected chi connectivity index (χ2v) is 6.81. The second kappa shape index (κ2) is 5.09. The van der Waals surface area contributed by atoms with E-state index in [2.05, 4.69) is 20.6 Å². The van der Waals surface area contributed by atoms with E-state index in [0.717, 1.165) is 18.1 Å². The lowest BCUT2D eigenvalue weighted by Gasteiger charge is -2.11. The molecule has 1 aliphatic rings. The molecule has 7 heteroatoms. The van der Waals surface area contributed by atoms with Crippen LogP contribution in [0.15, 0.2) is 6.07 Å². The Bertz CT molecular complexity index is 530. The highest BCUT2D eigenvalue weighted by molar-refractivity contribution is 7.91. The minimum atomic E-state index is -2.81. The molecule has 1 aromatic heterocycles. The lowest BCUT2D eigenvalue weighted by Crippen LogP contribution is -2.16. The third-order valence-corrected chi connectivity index (χ3v) is 4.83. The first-order chi connectivity index (χ1) is 8.48. The van der Waals surface area contributed by atoms with E-state index in [4.69, 9.17) is 0 Å². The summed E-state index contributed by atoms with van der Waals surface area (Å²) in [5.74, 6) is 2.94. The van der Waals surface area contributed by atoms with Crippen molar-refractivity contribution in [1.29, 1.82) is 0 Å². The molecule has 1 unspecified atom stereocenters. The van der Waals surface area contributed by atoms with E-state index in [1.165, 1.54) is 0 Å². The molecule has 2 rings (SSSR count). The first-order valence-corrected chi connectivity index (χ1v) is 7.78. The number of aryl methyl sites for hydroxylation is 1. The van der Waals surface area contributed by atoms with Crippen molar-refractivity contribution in [2.24, 2.45) is 5.92 Å². The maximum atomic E-state index is 11.3. The highest BCUT2D eigenvalue weighted by Gasteiger charge is 2.27. The van der Waals surface area contributed by atoms with Crippen LogP contribution >= 0.6 is 0 Å². The van der Waals surface area contributed by atoms with Crippen LogP contribution in [0.4, 0.5) is 11.6 Å². The van der Waals surface area contributed by atoms with Crippen molar-refractivity contribution in [1.82, 2.24) is 9.97 Å². The molecule has 0 amide bonds. The van der Waals surface area contributed by atoms with Crippen molar-refractivity contribution < 1.29 is 8.42 Å². The molecule has 0 aliphatic carbocycles. The molecule has 100 valence electrons. The molecule has 6 nitrogen and oxygen atoms in total. The Morgan fingerprint density at radius 2 is 2.11 bits per heavy atom. The normalized spacial score (nSPS) is 21.8. The van der Waals surface area contributed by atoms with Crippen LogP contribution in [-0.4, -0.2) is 43.5 Å².